The van der Waals surface area contributed by atoms with E-state index in [1.54, 1.807) is 22.4 Å². The minimum atomic E-state index is -3.86. The summed E-state index contributed by atoms with van der Waals surface area (Å²) in [5.41, 5.74) is 0.301. The lowest BCUT2D eigenvalue weighted by Gasteiger charge is -2.07. The SMILES string of the molecule is O=C(c1ccccc1)C(Br)S(=O)(=O)NCl. The molecule has 82 valence electrons. The van der Waals surface area contributed by atoms with E-state index >= 15 is 0 Å². The number of ketones is 1. The summed E-state index contributed by atoms with van der Waals surface area (Å²) in [5.74, 6) is -0.566. The van der Waals surface area contributed by atoms with Crippen molar-refractivity contribution in [3.05, 3.63) is 35.9 Å². The van der Waals surface area contributed by atoms with Gasteiger partial charge in [-0.05, 0) is 11.8 Å². The van der Waals surface area contributed by atoms with E-state index in [9.17, 15) is 13.2 Å². The van der Waals surface area contributed by atoms with Crippen molar-refractivity contribution in [3.8, 4) is 0 Å². The molecule has 0 saturated carbocycles. The van der Waals surface area contributed by atoms with Gasteiger partial charge in [0, 0.05) is 5.56 Å². The molecule has 1 N–H and O–H groups in total. The quantitative estimate of drug-likeness (QED) is 0.522. The van der Waals surface area contributed by atoms with E-state index in [0.717, 1.165) is 0 Å². The number of halogens is 2. The van der Waals surface area contributed by atoms with Crippen LogP contribution in [0.2, 0.25) is 0 Å². The fourth-order valence-electron chi connectivity index (χ4n) is 0.913. The van der Waals surface area contributed by atoms with Crippen LogP contribution in [0.25, 0.3) is 0 Å². The van der Waals surface area contributed by atoms with Crippen LogP contribution in [0, 0.1) is 0 Å². The Morgan fingerprint density at radius 1 is 1.33 bits per heavy atom. The monoisotopic (exact) mass is 311 g/mol. The second-order valence-electron chi connectivity index (χ2n) is 2.67. The summed E-state index contributed by atoms with van der Waals surface area (Å²) < 4.78 is 22.6. The van der Waals surface area contributed by atoms with Gasteiger partial charge in [0.05, 0.1) is 0 Å². The van der Waals surface area contributed by atoms with E-state index in [0.29, 0.717) is 5.56 Å². The van der Waals surface area contributed by atoms with Crippen LogP contribution in [0.1, 0.15) is 10.4 Å². The van der Waals surface area contributed by atoms with Gasteiger partial charge in [-0.1, -0.05) is 46.3 Å². The number of nitrogens with one attached hydrogen (secondary N) is 1. The molecule has 1 atom stereocenters. The van der Waals surface area contributed by atoms with Crippen molar-refractivity contribution in [1.82, 2.24) is 4.24 Å². The molecule has 0 fully saturated rings. The third-order valence-corrected chi connectivity index (χ3v) is 5.16. The molecule has 15 heavy (non-hydrogen) atoms. The Hall–Kier alpha value is -0.430. The molecule has 0 spiro atoms. The summed E-state index contributed by atoms with van der Waals surface area (Å²) in [5, 5.41) is 0. The van der Waals surface area contributed by atoms with E-state index in [2.05, 4.69) is 15.9 Å². The number of carbonyl (C=O) groups is 1. The molecule has 0 aliphatic carbocycles. The van der Waals surface area contributed by atoms with Gasteiger partial charge in [0.25, 0.3) is 0 Å². The fraction of sp³-hybridized carbons (Fsp3) is 0.125. The molecule has 4 nitrogen and oxygen atoms in total. The van der Waals surface area contributed by atoms with Gasteiger partial charge in [-0.15, -0.1) is 4.24 Å². The van der Waals surface area contributed by atoms with Crippen molar-refractivity contribution in [1.29, 1.82) is 0 Å². The lowest BCUT2D eigenvalue weighted by molar-refractivity contribution is 0.101. The highest BCUT2D eigenvalue weighted by molar-refractivity contribution is 9.11. The van der Waals surface area contributed by atoms with Crippen LogP contribution in [-0.2, 0) is 10.0 Å². The molecule has 0 aliphatic rings. The lowest BCUT2D eigenvalue weighted by Crippen LogP contribution is -2.30. The van der Waals surface area contributed by atoms with Gasteiger partial charge < -0.3 is 0 Å². The van der Waals surface area contributed by atoms with E-state index in [4.69, 9.17) is 11.8 Å². The van der Waals surface area contributed by atoms with Crippen LogP contribution in [0.15, 0.2) is 30.3 Å². The van der Waals surface area contributed by atoms with Gasteiger partial charge in [0.2, 0.25) is 10.0 Å². The molecule has 0 amide bonds. The van der Waals surface area contributed by atoms with Gasteiger partial charge in [-0.2, -0.15) is 0 Å². The Morgan fingerprint density at radius 2 is 1.87 bits per heavy atom. The number of rotatable bonds is 4. The van der Waals surface area contributed by atoms with E-state index in [1.807, 2.05) is 0 Å². The Balaban J connectivity index is 2.97. The van der Waals surface area contributed by atoms with Gasteiger partial charge in [-0.3, -0.25) is 4.79 Å². The maximum atomic E-state index is 11.6. The second kappa shape index (κ2) is 5.07. The predicted molar refractivity (Wildman–Crippen MR) is 61.4 cm³/mol. The van der Waals surface area contributed by atoms with Crippen molar-refractivity contribution in [2.45, 2.75) is 4.16 Å². The van der Waals surface area contributed by atoms with E-state index in [-0.39, 0.29) is 0 Å². The van der Waals surface area contributed by atoms with Crippen molar-refractivity contribution < 1.29 is 13.2 Å². The summed E-state index contributed by atoms with van der Waals surface area (Å²) in [7, 11) is -3.86. The first-order valence-electron chi connectivity index (χ1n) is 3.83. The topological polar surface area (TPSA) is 63.2 Å². The average Bonchev–Trinajstić information content (AvgIpc) is 2.28. The maximum Gasteiger partial charge on any atom is 0.245 e. The number of sulfonamides is 1. The van der Waals surface area contributed by atoms with Crippen molar-refractivity contribution in [2.24, 2.45) is 0 Å². The molecule has 1 rings (SSSR count). The number of Topliss-reactive ketones (excluding diaryl/α,β-unsaturated/α-hetero) is 1. The first kappa shape index (κ1) is 12.6. The zero-order chi connectivity index (χ0) is 11.5. The third kappa shape index (κ3) is 3.01. The molecule has 1 aromatic carbocycles. The zero-order valence-electron chi connectivity index (χ0n) is 7.35. The van der Waals surface area contributed by atoms with Crippen molar-refractivity contribution in [2.75, 3.05) is 0 Å². The van der Waals surface area contributed by atoms with E-state index in [1.165, 1.54) is 12.1 Å². The zero-order valence-corrected chi connectivity index (χ0v) is 10.5. The first-order valence-corrected chi connectivity index (χ1v) is 6.67. The van der Waals surface area contributed by atoms with Gasteiger partial charge in [0.1, 0.15) is 0 Å². The van der Waals surface area contributed by atoms with Gasteiger partial charge >= 0.3 is 0 Å². The lowest BCUT2D eigenvalue weighted by atomic mass is 10.2. The minimum absolute atomic E-state index is 0.301. The summed E-state index contributed by atoms with van der Waals surface area (Å²) in [4.78, 5) is 11.6. The van der Waals surface area contributed by atoms with Crippen LogP contribution in [0.5, 0.6) is 0 Å². The number of hydrogen-bond donors (Lipinski definition) is 1. The Labute approximate surface area is 101 Å². The molecule has 1 aromatic rings. The Bertz CT molecular complexity index is 448. The molecule has 0 radical (unpaired) electrons. The summed E-state index contributed by atoms with van der Waals surface area (Å²) in [6.07, 6.45) is 0. The van der Waals surface area contributed by atoms with Gasteiger partial charge in [-0.25, -0.2) is 8.42 Å². The molecule has 1 unspecified atom stereocenters. The molecular weight excluding hydrogens is 306 g/mol. The second-order valence-corrected chi connectivity index (χ2v) is 6.37. The molecule has 0 aromatic heterocycles. The molecule has 7 heteroatoms. The summed E-state index contributed by atoms with van der Waals surface area (Å²) >= 11 is 7.78. The number of benzene rings is 1. The van der Waals surface area contributed by atoms with Crippen LogP contribution in [0.3, 0.4) is 0 Å². The van der Waals surface area contributed by atoms with Crippen molar-refractivity contribution >= 4 is 43.5 Å². The van der Waals surface area contributed by atoms with Crippen LogP contribution in [-0.4, -0.2) is 18.4 Å². The molecule has 0 bridgehead atoms. The smallest absolute Gasteiger partial charge is 0.245 e. The molecular formula is C8H7BrClNO3S. The minimum Gasteiger partial charge on any atom is -0.292 e. The van der Waals surface area contributed by atoms with Crippen molar-refractivity contribution in [3.63, 3.8) is 0 Å². The summed E-state index contributed by atoms with van der Waals surface area (Å²) in [6, 6.07) is 8.08. The number of alkyl halides is 1. The average molecular weight is 313 g/mol. The van der Waals surface area contributed by atoms with E-state index < -0.39 is 20.0 Å². The standard InChI is InChI=1S/C8H7BrClNO3S/c9-8(15(13,14)11-10)7(12)6-4-2-1-3-5-6/h1-5,8,11H. The van der Waals surface area contributed by atoms with Crippen LogP contribution >= 0.6 is 27.7 Å². The largest absolute Gasteiger partial charge is 0.292 e. The highest BCUT2D eigenvalue weighted by atomic mass is 79.9. The summed E-state index contributed by atoms with van der Waals surface area (Å²) in [6.45, 7) is 0. The predicted octanol–water partition coefficient (Wildman–Crippen LogP) is 1.66. The molecule has 0 heterocycles. The van der Waals surface area contributed by atoms with Crippen LogP contribution in [0.4, 0.5) is 0 Å². The number of hydrogen-bond acceptors (Lipinski definition) is 3. The maximum absolute atomic E-state index is 11.6. The molecule has 0 saturated heterocycles. The first-order chi connectivity index (χ1) is 6.99. The fourth-order valence-corrected chi connectivity index (χ4v) is 2.54. The Morgan fingerprint density at radius 3 is 2.33 bits per heavy atom. The molecule has 0 aliphatic heterocycles. The highest BCUT2D eigenvalue weighted by Gasteiger charge is 2.29. The normalized spacial score (nSPS) is 13.5. The highest BCUT2D eigenvalue weighted by Crippen LogP contribution is 2.15. The van der Waals surface area contributed by atoms with Gasteiger partial charge in [0.15, 0.2) is 9.94 Å². The van der Waals surface area contributed by atoms with Crippen LogP contribution < -0.4 is 4.24 Å². The Kier molecular flexibility index (Phi) is 4.27. The third-order valence-electron chi connectivity index (χ3n) is 1.64. The number of carbonyl (C=O) groups excluding carboxylic acids is 1.